The Bertz CT molecular complexity index is 953. The van der Waals surface area contributed by atoms with Gasteiger partial charge in [-0.15, -0.1) is 0 Å². The van der Waals surface area contributed by atoms with Crippen molar-refractivity contribution < 1.29 is 19.4 Å². The molecule has 0 aliphatic rings. The molecule has 0 aliphatic heterocycles. The average Bonchev–Trinajstić information content (AvgIpc) is 2.70. The molecule has 0 fully saturated rings. The van der Waals surface area contributed by atoms with Crippen LogP contribution in [0.3, 0.4) is 0 Å². The van der Waals surface area contributed by atoms with Gasteiger partial charge in [0.05, 0.1) is 6.61 Å². The molecule has 1 atom stereocenters. The second-order valence-electron chi connectivity index (χ2n) is 6.14. The van der Waals surface area contributed by atoms with E-state index < -0.39 is 12.0 Å². The lowest BCUT2D eigenvalue weighted by Crippen LogP contribution is -2.43. The standard InChI is InChI=1S/C22H21NO4/c1-2-27-22(26)19(23-21(25)15-8-4-3-5-9-15)14-16-12-13-20(24)18-11-7-6-10-17(16)18/h3-13,19,24H,2,14H2,1H3,(H,23,25). The second-order valence-corrected chi connectivity index (χ2v) is 6.14. The first-order valence-electron chi connectivity index (χ1n) is 8.82. The summed E-state index contributed by atoms with van der Waals surface area (Å²) in [7, 11) is 0. The Hall–Kier alpha value is -3.34. The number of phenolic OH excluding ortho intramolecular Hbond substituents is 1. The van der Waals surface area contributed by atoms with Crippen LogP contribution in [-0.2, 0) is 16.0 Å². The van der Waals surface area contributed by atoms with Crippen molar-refractivity contribution in [3.63, 3.8) is 0 Å². The van der Waals surface area contributed by atoms with Gasteiger partial charge in [0.1, 0.15) is 11.8 Å². The number of esters is 1. The fraction of sp³-hybridized carbons (Fsp3) is 0.182. The number of hydrogen-bond donors (Lipinski definition) is 2. The molecule has 2 N–H and O–H groups in total. The van der Waals surface area contributed by atoms with Crippen molar-refractivity contribution >= 4 is 22.6 Å². The van der Waals surface area contributed by atoms with Crippen molar-refractivity contribution in [2.45, 2.75) is 19.4 Å². The van der Waals surface area contributed by atoms with Crippen LogP contribution < -0.4 is 5.32 Å². The van der Waals surface area contributed by atoms with Crippen LogP contribution in [0, 0.1) is 0 Å². The van der Waals surface area contributed by atoms with Gasteiger partial charge in [0.25, 0.3) is 5.91 Å². The minimum atomic E-state index is -0.828. The van der Waals surface area contributed by atoms with E-state index in [0.717, 1.165) is 10.9 Å². The molecular weight excluding hydrogens is 342 g/mol. The van der Waals surface area contributed by atoms with Crippen molar-refractivity contribution in [1.29, 1.82) is 0 Å². The predicted octanol–water partition coefficient (Wildman–Crippen LogP) is 3.45. The van der Waals surface area contributed by atoms with Gasteiger partial charge < -0.3 is 15.2 Å². The van der Waals surface area contributed by atoms with E-state index in [-0.39, 0.29) is 24.7 Å². The third kappa shape index (κ3) is 4.26. The quantitative estimate of drug-likeness (QED) is 0.658. The normalized spacial score (nSPS) is 11.7. The number of fused-ring (bicyclic) bond motifs is 1. The summed E-state index contributed by atoms with van der Waals surface area (Å²) in [6, 6.07) is 18.7. The molecular formula is C22H21NO4. The molecule has 0 spiro atoms. The molecule has 1 amide bonds. The lowest BCUT2D eigenvalue weighted by molar-refractivity contribution is -0.145. The summed E-state index contributed by atoms with van der Waals surface area (Å²) in [5.41, 5.74) is 1.32. The zero-order chi connectivity index (χ0) is 19.2. The lowest BCUT2D eigenvalue weighted by Gasteiger charge is -2.18. The lowest BCUT2D eigenvalue weighted by atomic mass is 9.98. The Morgan fingerprint density at radius 3 is 2.33 bits per heavy atom. The molecule has 0 aliphatic carbocycles. The number of phenols is 1. The number of carbonyl (C=O) groups is 2. The highest BCUT2D eigenvalue weighted by molar-refractivity contribution is 5.97. The molecule has 0 bridgehead atoms. The number of ether oxygens (including phenoxy) is 1. The van der Waals surface area contributed by atoms with E-state index in [1.807, 2.05) is 30.3 Å². The molecule has 3 aromatic rings. The van der Waals surface area contributed by atoms with Crippen LogP contribution in [0.15, 0.2) is 66.7 Å². The largest absolute Gasteiger partial charge is 0.507 e. The summed E-state index contributed by atoms with van der Waals surface area (Å²) < 4.78 is 5.15. The first-order valence-corrected chi connectivity index (χ1v) is 8.82. The smallest absolute Gasteiger partial charge is 0.328 e. The van der Waals surface area contributed by atoms with Gasteiger partial charge in [0.15, 0.2) is 0 Å². The van der Waals surface area contributed by atoms with Crippen molar-refractivity contribution in [2.75, 3.05) is 6.61 Å². The van der Waals surface area contributed by atoms with Gasteiger partial charge in [-0.1, -0.05) is 48.5 Å². The molecule has 0 radical (unpaired) electrons. The van der Waals surface area contributed by atoms with Gasteiger partial charge in [0, 0.05) is 17.4 Å². The van der Waals surface area contributed by atoms with Gasteiger partial charge >= 0.3 is 5.97 Å². The average molecular weight is 363 g/mol. The summed E-state index contributed by atoms with van der Waals surface area (Å²) in [5, 5.41) is 14.4. The van der Waals surface area contributed by atoms with Gasteiger partial charge in [-0.25, -0.2) is 4.79 Å². The summed E-state index contributed by atoms with van der Waals surface area (Å²) in [4.78, 5) is 24.9. The predicted molar refractivity (Wildman–Crippen MR) is 104 cm³/mol. The molecule has 138 valence electrons. The van der Waals surface area contributed by atoms with Crippen molar-refractivity contribution in [2.24, 2.45) is 0 Å². The third-order valence-corrected chi connectivity index (χ3v) is 4.33. The van der Waals surface area contributed by atoms with Crippen LogP contribution in [-0.4, -0.2) is 29.6 Å². The molecule has 5 heteroatoms. The zero-order valence-electron chi connectivity index (χ0n) is 15.0. The molecule has 1 unspecified atom stereocenters. The molecule has 3 aromatic carbocycles. The Morgan fingerprint density at radius 2 is 1.63 bits per heavy atom. The van der Waals surface area contributed by atoms with E-state index in [1.165, 1.54) is 0 Å². The Balaban J connectivity index is 1.89. The van der Waals surface area contributed by atoms with E-state index in [2.05, 4.69) is 5.32 Å². The number of hydrogen-bond acceptors (Lipinski definition) is 4. The Kier molecular flexibility index (Phi) is 5.71. The number of benzene rings is 3. The Morgan fingerprint density at radius 1 is 0.963 bits per heavy atom. The SMILES string of the molecule is CCOC(=O)C(Cc1ccc(O)c2ccccc12)NC(=O)c1ccccc1. The van der Waals surface area contributed by atoms with E-state index in [0.29, 0.717) is 10.9 Å². The summed E-state index contributed by atoms with van der Waals surface area (Å²) in [6.07, 6.45) is 0.262. The molecule has 0 saturated heterocycles. The van der Waals surface area contributed by atoms with Crippen LogP contribution in [0.1, 0.15) is 22.8 Å². The maximum atomic E-state index is 12.5. The first-order chi connectivity index (χ1) is 13.1. The number of aromatic hydroxyl groups is 1. The molecule has 3 rings (SSSR count). The fourth-order valence-corrected chi connectivity index (χ4v) is 3.01. The number of rotatable bonds is 6. The maximum Gasteiger partial charge on any atom is 0.328 e. The van der Waals surface area contributed by atoms with Crippen molar-refractivity contribution in [1.82, 2.24) is 5.32 Å². The Labute approximate surface area is 157 Å². The van der Waals surface area contributed by atoms with Gasteiger partial charge in [-0.05, 0) is 36.1 Å². The highest BCUT2D eigenvalue weighted by atomic mass is 16.5. The first kappa shape index (κ1) is 18.5. The van der Waals surface area contributed by atoms with E-state index >= 15 is 0 Å². The second kappa shape index (κ2) is 8.36. The number of carbonyl (C=O) groups excluding carboxylic acids is 2. The highest BCUT2D eigenvalue weighted by Crippen LogP contribution is 2.28. The number of amides is 1. The maximum absolute atomic E-state index is 12.5. The fourth-order valence-electron chi connectivity index (χ4n) is 3.01. The summed E-state index contributed by atoms with van der Waals surface area (Å²) >= 11 is 0. The molecule has 5 nitrogen and oxygen atoms in total. The van der Waals surface area contributed by atoms with Crippen LogP contribution in [0.2, 0.25) is 0 Å². The third-order valence-electron chi connectivity index (χ3n) is 4.33. The monoisotopic (exact) mass is 363 g/mol. The van der Waals surface area contributed by atoms with E-state index in [9.17, 15) is 14.7 Å². The van der Waals surface area contributed by atoms with Crippen LogP contribution >= 0.6 is 0 Å². The van der Waals surface area contributed by atoms with Crippen LogP contribution in [0.4, 0.5) is 0 Å². The highest BCUT2D eigenvalue weighted by Gasteiger charge is 2.24. The van der Waals surface area contributed by atoms with Crippen molar-refractivity contribution in [3.05, 3.63) is 77.9 Å². The molecule has 0 saturated carbocycles. The van der Waals surface area contributed by atoms with Crippen LogP contribution in [0.5, 0.6) is 5.75 Å². The molecule has 0 aromatic heterocycles. The molecule has 0 heterocycles. The minimum Gasteiger partial charge on any atom is -0.507 e. The topological polar surface area (TPSA) is 75.6 Å². The van der Waals surface area contributed by atoms with E-state index in [4.69, 9.17) is 4.74 Å². The summed E-state index contributed by atoms with van der Waals surface area (Å²) in [5.74, 6) is -0.647. The van der Waals surface area contributed by atoms with E-state index in [1.54, 1.807) is 43.3 Å². The molecule has 27 heavy (non-hydrogen) atoms. The van der Waals surface area contributed by atoms with Gasteiger partial charge in [-0.3, -0.25) is 4.79 Å². The van der Waals surface area contributed by atoms with Gasteiger partial charge in [0.2, 0.25) is 0 Å². The van der Waals surface area contributed by atoms with Gasteiger partial charge in [-0.2, -0.15) is 0 Å². The summed E-state index contributed by atoms with van der Waals surface area (Å²) in [6.45, 7) is 1.96. The van der Waals surface area contributed by atoms with Crippen LogP contribution in [0.25, 0.3) is 10.8 Å². The minimum absolute atomic E-state index is 0.176. The number of nitrogens with one attached hydrogen (secondary N) is 1. The van der Waals surface area contributed by atoms with Crippen molar-refractivity contribution in [3.8, 4) is 5.75 Å². The zero-order valence-corrected chi connectivity index (χ0v) is 15.0.